The third-order valence-electron chi connectivity index (χ3n) is 3.18. The van der Waals surface area contributed by atoms with Gasteiger partial charge in [0.25, 0.3) is 0 Å². The van der Waals surface area contributed by atoms with Crippen LogP contribution in [0.15, 0.2) is 47.1 Å². The summed E-state index contributed by atoms with van der Waals surface area (Å²) < 4.78 is 0. The van der Waals surface area contributed by atoms with Crippen LogP contribution in [0.25, 0.3) is 0 Å². The number of ketones is 1. The van der Waals surface area contributed by atoms with E-state index in [0.29, 0.717) is 0 Å². The molecule has 1 aromatic carbocycles. The van der Waals surface area contributed by atoms with E-state index in [0.717, 1.165) is 12.0 Å². The molecule has 94 valence electrons. The topological polar surface area (TPSA) is 29.4 Å². The Kier molecular flexibility index (Phi) is 3.46. The first kappa shape index (κ1) is 12.7. The lowest BCUT2D eigenvalue weighted by Crippen LogP contribution is -2.29. The Morgan fingerprint density at radius 2 is 1.83 bits per heavy atom. The molecule has 0 spiro atoms. The van der Waals surface area contributed by atoms with Crippen LogP contribution in [0.4, 0.5) is 0 Å². The standard InChI is InChI=1S/C16H19NO/c1-16(2,3)14-11-17-10-13(15(14)18)9-12-7-5-4-6-8-12/h4-8,10-11,13H,9H2,1-3H3. The van der Waals surface area contributed by atoms with Crippen LogP contribution in [0, 0.1) is 11.3 Å². The molecular weight excluding hydrogens is 222 g/mol. The Hall–Kier alpha value is -1.70. The summed E-state index contributed by atoms with van der Waals surface area (Å²) in [6, 6.07) is 10.1. The van der Waals surface area contributed by atoms with Crippen molar-refractivity contribution in [3.63, 3.8) is 0 Å². The van der Waals surface area contributed by atoms with Crippen LogP contribution in [0.2, 0.25) is 0 Å². The van der Waals surface area contributed by atoms with Gasteiger partial charge < -0.3 is 0 Å². The summed E-state index contributed by atoms with van der Waals surface area (Å²) in [5.74, 6) is 0.0907. The van der Waals surface area contributed by atoms with E-state index >= 15 is 0 Å². The van der Waals surface area contributed by atoms with Gasteiger partial charge in [-0.3, -0.25) is 9.79 Å². The smallest absolute Gasteiger partial charge is 0.169 e. The number of carbonyl (C=O) groups excluding carboxylic acids is 1. The Morgan fingerprint density at radius 3 is 2.44 bits per heavy atom. The third-order valence-corrected chi connectivity index (χ3v) is 3.18. The van der Waals surface area contributed by atoms with Gasteiger partial charge in [0.05, 0.1) is 5.92 Å². The minimum absolute atomic E-state index is 0.119. The molecule has 2 nitrogen and oxygen atoms in total. The zero-order chi connectivity index (χ0) is 13.2. The maximum absolute atomic E-state index is 12.4. The van der Waals surface area contributed by atoms with Gasteiger partial charge in [0.2, 0.25) is 0 Å². The van der Waals surface area contributed by atoms with Crippen LogP contribution in [0.3, 0.4) is 0 Å². The maximum Gasteiger partial charge on any atom is 0.169 e. The second-order valence-electron chi connectivity index (χ2n) is 5.75. The monoisotopic (exact) mass is 241 g/mol. The molecule has 0 saturated carbocycles. The number of benzene rings is 1. The lowest BCUT2D eigenvalue weighted by atomic mass is 9.78. The van der Waals surface area contributed by atoms with E-state index in [2.05, 4.69) is 37.9 Å². The lowest BCUT2D eigenvalue weighted by Gasteiger charge is -2.26. The van der Waals surface area contributed by atoms with Crippen molar-refractivity contribution in [1.29, 1.82) is 0 Å². The highest BCUT2D eigenvalue weighted by atomic mass is 16.1. The molecule has 0 radical (unpaired) electrons. The van der Waals surface area contributed by atoms with E-state index in [1.54, 1.807) is 12.4 Å². The Labute approximate surface area is 108 Å². The molecule has 0 saturated heterocycles. The number of Topliss-reactive ketones (excluding diaryl/α,β-unsaturated/α-hetero) is 1. The van der Waals surface area contributed by atoms with Crippen molar-refractivity contribution in [2.24, 2.45) is 16.3 Å². The number of allylic oxidation sites excluding steroid dienone is 1. The largest absolute Gasteiger partial charge is 0.294 e. The molecule has 2 rings (SSSR count). The van der Waals surface area contributed by atoms with Gasteiger partial charge >= 0.3 is 0 Å². The molecule has 0 aromatic heterocycles. The fourth-order valence-electron chi connectivity index (χ4n) is 2.13. The van der Waals surface area contributed by atoms with Gasteiger partial charge in [-0.25, -0.2) is 0 Å². The number of carbonyl (C=O) groups is 1. The van der Waals surface area contributed by atoms with Crippen LogP contribution in [0.1, 0.15) is 26.3 Å². The average Bonchev–Trinajstić information content (AvgIpc) is 2.32. The number of aliphatic imine (C=N–C) groups is 1. The lowest BCUT2D eigenvalue weighted by molar-refractivity contribution is -0.118. The molecule has 1 aliphatic rings. The van der Waals surface area contributed by atoms with Crippen molar-refractivity contribution in [2.75, 3.05) is 0 Å². The van der Waals surface area contributed by atoms with E-state index in [1.165, 1.54) is 5.56 Å². The Morgan fingerprint density at radius 1 is 1.17 bits per heavy atom. The molecular formula is C16H19NO. The molecule has 18 heavy (non-hydrogen) atoms. The van der Waals surface area contributed by atoms with Gasteiger partial charge in [-0.1, -0.05) is 51.1 Å². The van der Waals surface area contributed by atoms with E-state index in [1.807, 2.05) is 18.2 Å². The fourth-order valence-corrected chi connectivity index (χ4v) is 2.13. The summed E-state index contributed by atoms with van der Waals surface area (Å²) in [7, 11) is 0. The summed E-state index contributed by atoms with van der Waals surface area (Å²) >= 11 is 0. The van der Waals surface area contributed by atoms with E-state index in [-0.39, 0.29) is 17.1 Å². The molecule has 2 heteroatoms. The van der Waals surface area contributed by atoms with Gasteiger partial charge in [-0.05, 0) is 17.4 Å². The second-order valence-corrected chi connectivity index (χ2v) is 5.75. The Bertz CT molecular complexity index is 492. The van der Waals surface area contributed by atoms with Crippen molar-refractivity contribution in [3.8, 4) is 0 Å². The molecule has 1 aliphatic heterocycles. The normalized spacial score (nSPS) is 19.8. The van der Waals surface area contributed by atoms with Gasteiger partial charge in [-0.15, -0.1) is 0 Å². The maximum atomic E-state index is 12.4. The molecule has 0 bridgehead atoms. The summed E-state index contributed by atoms with van der Waals surface area (Å²) in [4.78, 5) is 16.7. The molecule has 0 aliphatic carbocycles. The molecule has 0 amide bonds. The van der Waals surface area contributed by atoms with Crippen LogP contribution in [0.5, 0.6) is 0 Å². The van der Waals surface area contributed by atoms with Crippen molar-refractivity contribution >= 4 is 12.0 Å². The first-order valence-corrected chi connectivity index (χ1v) is 6.30. The summed E-state index contributed by atoms with van der Waals surface area (Å²) in [6.45, 7) is 6.16. The molecule has 0 fully saturated rings. The minimum atomic E-state index is -0.135. The van der Waals surface area contributed by atoms with Gasteiger partial charge in [0, 0.05) is 18.0 Å². The first-order valence-electron chi connectivity index (χ1n) is 6.30. The zero-order valence-corrected chi connectivity index (χ0v) is 11.2. The highest BCUT2D eigenvalue weighted by molar-refractivity contribution is 6.08. The summed E-state index contributed by atoms with van der Waals surface area (Å²) in [5, 5.41) is 0. The van der Waals surface area contributed by atoms with Crippen LogP contribution >= 0.6 is 0 Å². The molecule has 1 atom stereocenters. The predicted octanol–water partition coefficient (Wildman–Crippen LogP) is 3.43. The second kappa shape index (κ2) is 4.89. The highest BCUT2D eigenvalue weighted by Crippen LogP contribution is 2.30. The van der Waals surface area contributed by atoms with Crippen LogP contribution in [-0.2, 0) is 11.2 Å². The zero-order valence-electron chi connectivity index (χ0n) is 11.2. The van der Waals surface area contributed by atoms with Crippen LogP contribution < -0.4 is 0 Å². The highest BCUT2D eigenvalue weighted by Gasteiger charge is 2.30. The summed E-state index contributed by atoms with van der Waals surface area (Å²) in [6.07, 6.45) is 4.21. The van der Waals surface area contributed by atoms with Gasteiger partial charge in [0.15, 0.2) is 5.78 Å². The van der Waals surface area contributed by atoms with E-state index < -0.39 is 0 Å². The van der Waals surface area contributed by atoms with Gasteiger partial charge in [-0.2, -0.15) is 0 Å². The molecule has 1 unspecified atom stereocenters. The van der Waals surface area contributed by atoms with Gasteiger partial charge in [0.1, 0.15) is 0 Å². The van der Waals surface area contributed by atoms with Crippen LogP contribution in [-0.4, -0.2) is 12.0 Å². The minimum Gasteiger partial charge on any atom is -0.294 e. The molecule has 1 heterocycles. The van der Waals surface area contributed by atoms with Crippen molar-refractivity contribution in [1.82, 2.24) is 0 Å². The number of nitrogens with zero attached hydrogens (tertiary/aromatic N) is 1. The quantitative estimate of drug-likeness (QED) is 0.780. The van der Waals surface area contributed by atoms with Crippen molar-refractivity contribution in [3.05, 3.63) is 47.7 Å². The number of rotatable bonds is 2. The first-order chi connectivity index (χ1) is 8.48. The third kappa shape index (κ3) is 2.76. The van der Waals surface area contributed by atoms with E-state index in [4.69, 9.17) is 0 Å². The van der Waals surface area contributed by atoms with Crippen molar-refractivity contribution < 1.29 is 4.79 Å². The molecule has 0 N–H and O–H groups in total. The SMILES string of the molecule is CC(C)(C)C1=CN=CC(Cc2ccccc2)C1=O. The number of hydrogen-bond acceptors (Lipinski definition) is 2. The Balaban J connectivity index is 2.16. The fraction of sp³-hybridized carbons (Fsp3) is 0.375. The number of hydrogen-bond donors (Lipinski definition) is 0. The average molecular weight is 241 g/mol. The molecule has 1 aromatic rings. The predicted molar refractivity (Wildman–Crippen MR) is 74.7 cm³/mol. The van der Waals surface area contributed by atoms with E-state index in [9.17, 15) is 4.79 Å². The van der Waals surface area contributed by atoms with Crippen molar-refractivity contribution in [2.45, 2.75) is 27.2 Å². The summed E-state index contributed by atoms with van der Waals surface area (Å²) in [5.41, 5.74) is 1.87.